The van der Waals surface area contributed by atoms with Gasteiger partial charge in [-0.3, -0.25) is 4.79 Å². The van der Waals surface area contributed by atoms with Crippen molar-refractivity contribution < 1.29 is 9.53 Å². The Bertz CT molecular complexity index is 1090. The second kappa shape index (κ2) is 7.89. The van der Waals surface area contributed by atoms with Gasteiger partial charge in [-0.2, -0.15) is 10.1 Å². The predicted octanol–water partition coefficient (Wildman–Crippen LogP) is 5.04. The van der Waals surface area contributed by atoms with Gasteiger partial charge in [0, 0.05) is 26.9 Å². The predicted molar refractivity (Wildman–Crippen MR) is 112 cm³/mol. The van der Waals surface area contributed by atoms with Crippen LogP contribution in [0.5, 0.6) is 5.75 Å². The minimum absolute atomic E-state index is 0.0187. The number of nitrogens with zero attached hydrogens (tertiary/aromatic N) is 3. The van der Waals surface area contributed by atoms with Gasteiger partial charge in [-0.1, -0.05) is 41.4 Å². The fourth-order valence-corrected chi connectivity index (χ4v) is 3.93. The van der Waals surface area contributed by atoms with Gasteiger partial charge >= 0.3 is 0 Å². The van der Waals surface area contributed by atoms with Gasteiger partial charge in [-0.05, 0) is 43.7 Å². The van der Waals surface area contributed by atoms with Gasteiger partial charge in [-0.25, -0.2) is 4.68 Å². The van der Waals surface area contributed by atoms with E-state index in [1.54, 1.807) is 29.8 Å². The molecule has 4 rings (SSSR count). The second-order valence-corrected chi connectivity index (χ2v) is 7.52. The largest absolute Gasteiger partial charge is 0.489 e. The molecule has 1 aromatic heterocycles. The first kappa shape index (κ1) is 19.5. The van der Waals surface area contributed by atoms with Gasteiger partial charge in [-0.15, -0.1) is 0 Å². The molecule has 148 valence electrons. The molecule has 1 atom stereocenters. The van der Waals surface area contributed by atoms with Gasteiger partial charge in [0.15, 0.2) is 5.78 Å². The second-order valence-electron chi connectivity index (χ2n) is 6.71. The molecule has 6 nitrogen and oxygen atoms in total. The van der Waals surface area contributed by atoms with Crippen LogP contribution in [0.25, 0.3) is 0 Å². The van der Waals surface area contributed by atoms with E-state index in [2.05, 4.69) is 15.4 Å². The number of carbonyl (C=O) groups is 1. The van der Waals surface area contributed by atoms with Crippen LogP contribution in [0.15, 0.2) is 60.1 Å². The summed E-state index contributed by atoms with van der Waals surface area (Å²) in [7, 11) is 0. The van der Waals surface area contributed by atoms with Crippen LogP contribution in [0.1, 0.15) is 31.0 Å². The maximum Gasteiger partial charge on any atom is 0.226 e. The van der Waals surface area contributed by atoms with E-state index in [0.29, 0.717) is 27.3 Å². The van der Waals surface area contributed by atoms with E-state index in [1.165, 1.54) is 6.33 Å². The Hall–Kier alpha value is -2.83. The Morgan fingerprint density at radius 3 is 2.52 bits per heavy atom. The van der Waals surface area contributed by atoms with E-state index in [9.17, 15) is 4.79 Å². The topological polar surface area (TPSA) is 69.0 Å². The van der Waals surface area contributed by atoms with Crippen LogP contribution < -0.4 is 10.1 Å². The standard InChI is InChI=1S/C21H18Cl2N4O2/c1-12-19(13(2)28)20(27-21(26-12)24-11-25-27)14-6-8-15(9-7-14)29-10-16-17(22)4-3-5-18(16)23/h3-9,11,20H,10H2,1-2H3,(H,24,25,26). The first-order valence-corrected chi connectivity index (χ1v) is 9.75. The van der Waals surface area contributed by atoms with Crippen molar-refractivity contribution in [1.82, 2.24) is 14.8 Å². The molecule has 2 aromatic carbocycles. The molecule has 1 unspecified atom stereocenters. The molecular weight excluding hydrogens is 411 g/mol. The molecule has 0 fully saturated rings. The lowest BCUT2D eigenvalue weighted by molar-refractivity contribution is -0.114. The highest BCUT2D eigenvalue weighted by atomic mass is 35.5. The van der Waals surface area contributed by atoms with Gasteiger partial charge in [0.25, 0.3) is 0 Å². The molecule has 3 aromatic rings. The third-order valence-electron chi connectivity index (χ3n) is 4.81. The highest BCUT2D eigenvalue weighted by molar-refractivity contribution is 6.35. The summed E-state index contributed by atoms with van der Waals surface area (Å²) in [6.45, 7) is 3.68. The van der Waals surface area contributed by atoms with E-state index in [-0.39, 0.29) is 18.4 Å². The molecule has 0 amide bonds. The molecule has 0 saturated carbocycles. The Balaban J connectivity index is 1.60. The molecule has 2 heterocycles. The Morgan fingerprint density at radius 2 is 1.86 bits per heavy atom. The van der Waals surface area contributed by atoms with E-state index >= 15 is 0 Å². The highest BCUT2D eigenvalue weighted by Gasteiger charge is 2.31. The van der Waals surface area contributed by atoms with Crippen LogP contribution in [0.2, 0.25) is 10.0 Å². The van der Waals surface area contributed by atoms with E-state index in [4.69, 9.17) is 27.9 Å². The normalized spacial score (nSPS) is 15.7. The zero-order valence-corrected chi connectivity index (χ0v) is 17.3. The molecule has 8 heteroatoms. The summed E-state index contributed by atoms with van der Waals surface area (Å²) in [5, 5.41) is 8.55. The molecule has 0 spiro atoms. The fraction of sp³-hybridized carbons (Fsp3) is 0.190. The summed E-state index contributed by atoms with van der Waals surface area (Å²) in [5.41, 5.74) is 3.07. The van der Waals surface area contributed by atoms with Crippen LogP contribution in [0.3, 0.4) is 0 Å². The number of allylic oxidation sites excluding steroid dienone is 2. The van der Waals surface area contributed by atoms with E-state index in [0.717, 1.165) is 16.8 Å². The van der Waals surface area contributed by atoms with Crippen molar-refractivity contribution in [3.05, 3.63) is 81.2 Å². The summed E-state index contributed by atoms with van der Waals surface area (Å²) in [5.74, 6) is 1.25. The maximum atomic E-state index is 12.3. The zero-order chi connectivity index (χ0) is 20.5. The van der Waals surface area contributed by atoms with Crippen molar-refractivity contribution in [1.29, 1.82) is 0 Å². The molecule has 0 saturated heterocycles. The van der Waals surface area contributed by atoms with Crippen LogP contribution in [0, 0.1) is 0 Å². The maximum absolute atomic E-state index is 12.3. The molecule has 1 aliphatic heterocycles. The monoisotopic (exact) mass is 428 g/mol. The van der Waals surface area contributed by atoms with Crippen molar-refractivity contribution in [2.75, 3.05) is 5.32 Å². The fourth-order valence-electron chi connectivity index (χ4n) is 3.43. The molecule has 0 bridgehead atoms. The first-order valence-electron chi connectivity index (χ1n) is 8.99. The molecule has 0 aliphatic carbocycles. The number of hydrogen-bond donors (Lipinski definition) is 1. The number of aromatic nitrogens is 3. The lowest BCUT2D eigenvalue weighted by Gasteiger charge is -2.28. The van der Waals surface area contributed by atoms with Gasteiger partial charge in [0.05, 0.1) is 0 Å². The Morgan fingerprint density at radius 1 is 1.17 bits per heavy atom. The Labute approximate surface area is 178 Å². The van der Waals surface area contributed by atoms with Crippen molar-refractivity contribution in [3.8, 4) is 5.75 Å². The quantitative estimate of drug-likeness (QED) is 0.615. The number of nitrogens with one attached hydrogen (secondary N) is 1. The summed E-state index contributed by atoms with van der Waals surface area (Å²) in [4.78, 5) is 16.5. The smallest absolute Gasteiger partial charge is 0.226 e. The third-order valence-corrected chi connectivity index (χ3v) is 5.52. The van der Waals surface area contributed by atoms with Crippen LogP contribution in [-0.2, 0) is 11.4 Å². The van der Waals surface area contributed by atoms with Crippen LogP contribution in [-0.4, -0.2) is 20.5 Å². The number of ketones is 1. The summed E-state index contributed by atoms with van der Waals surface area (Å²) < 4.78 is 7.56. The molecule has 29 heavy (non-hydrogen) atoms. The summed E-state index contributed by atoms with van der Waals surface area (Å²) in [6, 6.07) is 12.5. The SMILES string of the molecule is CC(=O)C1=C(C)Nc2ncnn2C1c1ccc(OCc2c(Cl)cccc2Cl)cc1. The van der Waals surface area contributed by atoms with E-state index in [1.807, 2.05) is 31.2 Å². The third kappa shape index (κ3) is 3.73. The number of carbonyl (C=O) groups excluding carboxylic acids is 1. The van der Waals surface area contributed by atoms with Crippen molar-refractivity contribution in [2.24, 2.45) is 0 Å². The van der Waals surface area contributed by atoms with Crippen molar-refractivity contribution in [2.45, 2.75) is 26.5 Å². The number of rotatable bonds is 5. The van der Waals surface area contributed by atoms with Gasteiger partial charge in [0.2, 0.25) is 5.95 Å². The number of halogens is 2. The van der Waals surface area contributed by atoms with Crippen molar-refractivity contribution >= 4 is 34.9 Å². The first-order chi connectivity index (χ1) is 14.0. The average molecular weight is 429 g/mol. The number of ether oxygens (including phenoxy) is 1. The number of benzene rings is 2. The average Bonchev–Trinajstić information content (AvgIpc) is 3.15. The summed E-state index contributed by atoms with van der Waals surface area (Å²) in [6.07, 6.45) is 1.47. The molecule has 1 N–H and O–H groups in total. The highest BCUT2D eigenvalue weighted by Crippen LogP contribution is 2.35. The Kier molecular flexibility index (Phi) is 5.30. The number of anilines is 1. The van der Waals surface area contributed by atoms with Crippen LogP contribution >= 0.6 is 23.2 Å². The van der Waals surface area contributed by atoms with Gasteiger partial charge < -0.3 is 10.1 Å². The van der Waals surface area contributed by atoms with Gasteiger partial charge in [0.1, 0.15) is 24.7 Å². The minimum Gasteiger partial charge on any atom is -0.489 e. The minimum atomic E-state index is -0.349. The zero-order valence-electron chi connectivity index (χ0n) is 15.8. The summed E-state index contributed by atoms with van der Waals surface area (Å²) >= 11 is 12.4. The molecule has 1 aliphatic rings. The molecular formula is C21H18Cl2N4O2. The van der Waals surface area contributed by atoms with Crippen LogP contribution in [0.4, 0.5) is 5.95 Å². The van der Waals surface area contributed by atoms with Crippen molar-refractivity contribution in [3.63, 3.8) is 0 Å². The molecule has 0 radical (unpaired) electrons. The van der Waals surface area contributed by atoms with E-state index < -0.39 is 0 Å². The lowest BCUT2D eigenvalue weighted by Crippen LogP contribution is -2.27. The number of hydrogen-bond acceptors (Lipinski definition) is 5. The lowest BCUT2D eigenvalue weighted by atomic mass is 9.93. The number of Topliss-reactive ketones (excluding diaryl/α,β-unsaturated/α-hetero) is 1. The number of fused-ring (bicyclic) bond motifs is 1.